The van der Waals surface area contributed by atoms with Crippen molar-refractivity contribution in [2.45, 2.75) is 156 Å². The van der Waals surface area contributed by atoms with Crippen LogP contribution >= 0.6 is 0 Å². The van der Waals surface area contributed by atoms with Crippen molar-refractivity contribution in [1.29, 1.82) is 0 Å². The maximum Gasteiger partial charge on any atom is 0.0831 e. The Balaban J connectivity index is 1.35. The van der Waals surface area contributed by atoms with E-state index in [0.29, 0.717) is 11.5 Å². The lowest BCUT2D eigenvalue weighted by Gasteiger charge is -2.63. The molecule has 0 aromatic carbocycles. The van der Waals surface area contributed by atoms with E-state index >= 15 is 0 Å². The van der Waals surface area contributed by atoms with Gasteiger partial charge in [0.1, 0.15) is 0 Å². The van der Waals surface area contributed by atoms with Crippen LogP contribution < -0.4 is 11.5 Å². The van der Waals surface area contributed by atoms with E-state index in [0.717, 1.165) is 66.4 Å². The van der Waals surface area contributed by atoms with Crippen molar-refractivity contribution < 1.29 is 4.74 Å². The topological polar surface area (TPSA) is 61.3 Å². The molecule has 0 spiro atoms. The summed E-state index contributed by atoms with van der Waals surface area (Å²) in [5.41, 5.74) is 14.5. The van der Waals surface area contributed by atoms with E-state index in [9.17, 15) is 0 Å². The number of hydrogen-bond donors (Lipinski definition) is 2. The normalized spacial score (nSPS) is 44.5. The zero-order valence-electron chi connectivity index (χ0n) is 27.1. The molecule has 3 nitrogen and oxygen atoms in total. The Labute approximate surface area is 247 Å². The monoisotopic (exact) mass is 553 g/mol. The molecule has 4 saturated carbocycles. The van der Waals surface area contributed by atoms with Gasteiger partial charge in [0, 0.05) is 12.1 Å². The Kier molecular flexibility index (Phi) is 9.24. The second kappa shape index (κ2) is 12.1. The van der Waals surface area contributed by atoms with Crippen molar-refractivity contribution in [3.63, 3.8) is 0 Å². The van der Waals surface area contributed by atoms with Gasteiger partial charge in [0.05, 0.1) is 17.7 Å². The van der Waals surface area contributed by atoms with Crippen LogP contribution in [0.2, 0.25) is 0 Å². The average Bonchev–Trinajstić information content (AvgIpc) is 3.25. The predicted octanol–water partition coefficient (Wildman–Crippen LogP) is 9.16. The molecule has 0 aliphatic heterocycles. The van der Waals surface area contributed by atoms with Crippen LogP contribution in [0.5, 0.6) is 0 Å². The number of nitrogens with two attached hydrogens (primary N) is 2. The van der Waals surface area contributed by atoms with Crippen molar-refractivity contribution in [3.05, 3.63) is 23.9 Å². The third-order valence-electron chi connectivity index (χ3n) is 13.5. The molecule has 4 fully saturated rings. The fourth-order valence-corrected chi connectivity index (χ4v) is 11.5. The van der Waals surface area contributed by atoms with Crippen LogP contribution in [0.1, 0.15) is 138 Å². The lowest BCUT2D eigenvalue weighted by atomic mass is 9.44. The van der Waals surface area contributed by atoms with Gasteiger partial charge in [-0.1, -0.05) is 85.8 Å². The molecular weight excluding hydrogens is 488 g/mol. The molecule has 0 aromatic heterocycles. The molecule has 3 heteroatoms. The highest BCUT2D eigenvalue weighted by molar-refractivity contribution is 5.29. The molecule has 0 bridgehead atoms. The number of rotatable bonds is 10. The lowest BCUT2D eigenvalue weighted by molar-refractivity contribution is -0.200. The van der Waals surface area contributed by atoms with Crippen molar-refractivity contribution in [2.24, 2.45) is 63.7 Å². The first-order valence-corrected chi connectivity index (χ1v) is 17.6. The summed E-state index contributed by atoms with van der Waals surface area (Å²) in [6.45, 7) is 15.0. The number of ether oxygens (including phenoxy) is 1. The van der Waals surface area contributed by atoms with Crippen LogP contribution in [0, 0.1) is 52.3 Å². The average molecular weight is 553 g/mol. The minimum atomic E-state index is -0.578. The molecular formula is C37H64N2O. The van der Waals surface area contributed by atoms with Gasteiger partial charge in [-0.15, -0.1) is 0 Å². The van der Waals surface area contributed by atoms with Crippen LogP contribution in [-0.2, 0) is 4.74 Å². The molecule has 0 saturated heterocycles. The molecule has 5 rings (SSSR count). The van der Waals surface area contributed by atoms with E-state index in [4.69, 9.17) is 16.2 Å². The molecule has 4 N–H and O–H groups in total. The molecule has 0 heterocycles. The second-order valence-corrected chi connectivity index (χ2v) is 16.2. The first-order valence-electron chi connectivity index (χ1n) is 17.6. The van der Waals surface area contributed by atoms with Gasteiger partial charge in [0.15, 0.2) is 0 Å². The molecule has 4 unspecified atom stereocenters. The highest BCUT2D eigenvalue weighted by Crippen LogP contribution is 2.68. The number of allylic oxidation sites excluding steroid dienone is 1. The van der Waals surface area contributed by atoms with Crippen molar-refractivity contribution in [3.8, 4) is 0 Å². The Hall–Kier alpha value is -0.800. The van der Waals surface area contributed by atoms with E-state index in [-0.39, 0.29) is 11.5 Å². The van der Waals surface area contributed by atoms with Gasteiger partial charge in [0.25, 0.3) is 0 Å². The van der Waals surface area contributed by atoms with Gasteiger partial charge in [-0.3, -0.25) is 0 Å². The maximum atomic E-state index is 7.33. The Bertz CT molecular complexity index is 925. The quantitative estimate of drug-likeness (QED) is 0.266. The summed E-state index contributed by atoms with van der Waals surface area (Å²) < 4.78 is 7.33. The van der Waals surface area contributed by atoms with Crippen molar-refractivity contribution in [1.82, 2.24) is 0 Å². The van der Waals surface area contributed by atoms with Crippen LogP contribution in [0.4, 0.5) is 0 Å². The first-order chi connectivity index (χ1) is 19.0. The van der Waals surface area contributed by atoms with Gasteiger partial charge in [-0.2, -0.15) is 0 Å². The third kappa shape index (κ3) is 5.49. The Morgan fingerprint density at radius 1 is 0.950 bits per heavy atom. The molecule has 0 radical (unpaired) electrons. The summed E-state index contributed by atoms with van der Waals surface area (Å²) in [6.07, 6.45) is 26.5. The van der Waals surface area contributed by atoms with E-state index in [1.807, 2.05) is 0 Å². The summed E-state index contributed by atoms with van der Waals surface area (Å²) in [7, 11) is 0. The van der Waals surface area contributed by atoms with E-state index in [1.54, 1.807) is 0 Å². The predicted molar refractivity (Wildman–Crippen MR) is 170 cm³/mol. The highest BCUT2D eigenvalue weighted by atomic mass is 16.5. The van der Waals surface area contributed by atoms with Crippen LogP contribution in [0.15, 0.2) is 23.9 Å². The van der Waals surface area contributed by atoms with E-state index < -0.39 is 5.54 Å². The molecule has 0 aromatic rings. The summed E-state index contributed by atoms with van der Waals surface area (Å²) in [4.78, 5) is 0. The summed E-state index contributed by atoms with van der Waals surface area (Å²) >= 11 is 0. The third-order valence-corrected chi connectivity index (χ3v) is 13.5. The van der Waals surface area contributed by atoms with Gasteiger partial charge >= 0.3 is 0 Å². The van der Waals surface area contributed by atoms with Crippen molar-refractivity contribution in [2.75, 3.05) is 0 Å². The van der Waals surface area contributed by atoms with Gasteiger partial charge in [-0.25, -0.2) is 0 Å². The van der Waals surface area contributed by atoms with Gasteiger partial charge in [-0.05, 0) is 116 Å². The van der Waals surface area contributed by atoms with Crippen LogP contribution in [-0.4, -0.2) is 17.7 Å². The SMILES string of the molecule is CCCC(OC1CCCC2CC[C@@H]3[C@H](CC[C@]4(C)[C@@H]([C@H](C)CCCC(C)C)CC[C@@H]34)[C@]21C)C1(N)C=CCC(N)=C1. The number of hydrogen-bond acceptors (Lipinski definition) is 3. The van der Waals surface area contributed by atoms with E-state index in [2.05, 4.69) is 59.8 Å². The number of fused-ring (bicyclic) bond motifs is 5. The summed E-state index contributed by atoms with van der Waals surface area (Å²) in [5, 5.41) is 0. The molecule has 40 heavy (non-hydrogen) atoms. The molecule has 0 amide bonds. The molecule has 5 aliphatic rings. The minimum absolute atomic E-state index is 0.00459. The fourth-order valence-electron chi connectivity index (χ4n) is 11.5. The zero-order valence-corrected chi connectivity index (χ0v) is 27.1. The molecule has 228 valence electrons. The largest absolute Gasteiger partial charge is 0.402 e. The van der Waals surface area contributed by atoms with Gasteiger partial charge in [0.2, 0.25) is 0 Å². The lowest BCUT2D eigenvalue weighted by Crippen LogP contribution is -2.60. The standard InChI is InChI=1S/C37H64N2O/c1-7-11-34(37(39)22-10-15-28(38)24-37)40-33-16-9-14-27-17-18-29-31-20-19-30(26(4)13-8-12-25(2)3)35(31,5)23-21-32(29)36(27,33)6/h10,22,24-27,29-34H,7-9,11-21,23,38-39H2,1-6H3/t26-,27?,29+,30-,31+,32+,33?,34?,35-,36+,37?/m1/s1. The van der Waals surface area contributed by atoms with Crippen molar-refractivity contribution >= 4 is 0 Å². The summed E-state index contributed by atoms with van der Waals surface area (Å²) in [5.74, 6) is 6.06. The highest BCUT2D eigenvalue weighted by Gasteiger charge is 2.62. The second-order valence-electron chi connectivity index (χ2n) is 16.2. The Morgan fingerprint density at radius 2 is 1.75 bits per heavy atom. The Morgan fingerprint density at radius 3 is 2.48 bits per heavy atom. The zero-order chi connectivity index (χ0) is 28.7. The smallest absolute Gasteiger partial charge is 0.0831 e. The first kappa shape index (κ1) is 30.7. The summed E-state index contributed by atoms with van der Waals surface area (Å²) in [6, 6.07) is 0. The molecule has 11 atom stereocenters. The van der Waals surface area contributed by atoms with Crippen LogP contribution in [0.25, 0.3) is 0 Å². The fraction of sp³-hybridized carbons (Fsp3) is 0.892. The minimum Gasteiger partial charge on any atom is -0.402 e. The van der Waals surface area contributed by atoms with Gasteiger partial charge < -0.3 is 16.2 Å². The van der Waals surface area contributed by atoms with Crippen LogP contribution in [0.3, 0.4) is 0 Å². The van der Waals surface area contributed by atoms with E-state index in [1.165, 1.54) is 77.0 Å². The maximum absolute atomic E-state index is 7.33. The molecule has 5 aliphatic carbocycles.